The fourth-order valence-corrected chi connectivity index (χ4v) is 2.51. The highest BCUT2D eigenvalue weighted by Crippen LogP contribution is 2.27. The number of imidazole rings is 1. The zero-order valence-corrected chi connectivity index (χ0v) is 10.1. The van der Waals surface area contributed by atoms with E-state index in [9.17, 15) is 4.79 Å². The van der Waals surface area contributed by atoms with Crippen molar-refractivity contribution in [3.05, 3.63) is 24.0 Å². The lowest BCUT2D eigenvalue weighted by molar-refractivity contribution is -0.142. The first-order valence-corrected chi connectivity index (χ1v) is 5.95. The van der Waals surface area contributed by atoms with Crippen molar-refractivity contribution in [3.8, 4) is 5.75 Å². The summed E-state index contributed by atoms with van der Waals surface area (Å²) in [6, 6.07) is 5.77. The highest BCUT2D eigenvalue weighted by atomic mass is 16.5. The van der Waals surface area contributed by atoms with E-state index in [0.29, 0.717) is 12.8 Å². The fraction of sp³-hybridized carbons (Fsp3) is 0.385. The van der Waals surface area contributed by atoms with Gasteiger partial charge in [-0.1, -0.05) is 0 Å². The molecule has 0 saturated carbocycles. The van der Waals surface area contributed by atoms with Crippen LogP contribution in [0.5, 0.6) is 5.75 Å². The SMILES string of the molecule is COc1ccc2c(c1)nc1n2CCC(C(=O)O)C1. The molecule has 0 bridgehead atoms. The Morgan fingerprint density at radius 3 is 3.11 bits per heavy atom. The molecule has 2 heterocycles. The standard InChI is InChI=1S/C13H14N2O3/c1-18-9-2-3-11-10(7-9)14-12-6-8(13(16)17)4-5-15(11)12/h2-3,7-8H,4-6H2,1H3,(H,16,17). The monoisotopic (exact) mass is 246 g/mol. The minimum atomic E-state index is -0.731. The summed E-state index contributed by atoms with van der Waals surface area (Å²) in [5, 5.41) is 9.06. The smallest absolute Gasteiger partial charge is 0.307 e. The Kier molecular flexibility index (Phi) is 2.47. The van der Waals surface area contributed by atoms with E-state index in [4.69, 9.17) is 9.84 Å². The van der Waals surface area contributed by atoms with Crippen molar-refractivity contribution >= 4 is 17.0 Å². The summed E-state index contributed by atoms with van der Waals surface area (Å²) >= 11 is 0. The molecule has 1 aromatic heterocycles. The molecule has 5 heteroatoms. The fourth-order valence-electron chi connectivity index (χ4n) is 2.51. The van der Waals surface area contributed by atoms with Crippen molar-refractivity contribution < 1.29 is 14.6 Å². The van der Waals surface area contributed by atoms with Crippen LogP contribution in [0.4, 0.5) is 0 Å². The van der Waals surface area contributed by atoms with Gasteiger partial charge in [-0.25, -0.2) is 4.98 Å². The van der Waals surface area contributed by atoms with Crippen LogP contribution in [0.1, 0.15) is 12.2 Å². The number of aryl methyl sites for hydroxylation is 1. The maximum Gasteiger partial charge on any atom is 0.307 e. The Bertz CT molecular complexity index is 618. The second kappa shape index (κ2) is 4.01. The van der Waals surface area contributed by atoms with Crippen molar-refractivity contribution in [1.29, 1.82) is 0 Å². The van der Waals surface area contributed by atoms with Crippen molar-refractivity contribution in [1.82, 2.24) is 9.55 Å². The predicted octanol–water partition coefficient (Wildman–Crippen LogP) is 1.69. The molecule has 1 aromatic carbocycles. The molecule has 0 aliphatic carbocycles. The van der Waals surface area contributed by atoms with Gasteiger partial charge in [0.1, 0.15) is 11.6 Å². The average Bonchev–Trinajstić information content (AvgIpc) is 2.74. The Balaban J connectivity index is 2.06. The molecule has 94 valence electrons. The van der Waals surface area contributed by atoms with Crippen LogP contribution in [-0.4, -0.2) is 27.7 Å². The van der Waals surface area contributed by atoms with E-state index in [-0.39, 0.29) is 5.92 Å². The van der Waals surface area contributed by atoms with Crippen LogP contribution in [0.2, 0.25) is 0 Å². The van der Waals surface area contributed by atoms with Gasteiger partial charge in [0.25, 0.3) is 0 Å². The van der Waals surface area contributed by atoms with Crippen LogP contribution >= 0.6 is 0 Å². The van der Waals surface area contributed by atoms with Crippen LogP contribution in [-0.2, 0) is 17.8 Å². The zero-order chi connectivity index (χ0) is 12.7. The van der Waals surface area contributed by atoms with E-state index >= 15 is 0 Å². The van der Waals surface area contributed by atoms with E-state index in [1.165, 1.54) is 0 Å². The second-order valence-electron chi connectivity index (χ2n) is 4.56. The Morgan fingerprint density at radius 2 is 2.39 bits per heavy atom. The second-order valence-corrected chi connectivity index (χ2v) is 4.56. The lowest BCUT2D eigenvalue weighted by atomic mass is 9.98. The molecule has 0 saturated heterocycles. The van der Waals surface area contributed by atoms with Gasteiger partial charge in [-0.05, 0) is 18.6 Å². The summed E-state index contributed by atoms with van der Waals surface area (Å²) in [6.07, 6.45) is 1.17. The summed E-state index contributed by atoms with van der Waals surface area (Å²) in [7, 11) is 1.62. The van der Waals surface area contributed by atoms with E-state index in [0.717, 1.165) is 29.2 Å². The summed E-state index contributed by atoms with van der Waals surface area (Å²) in [5.41, 5.74) is 1.92. The van der Waals surface area contributed by atoms with E-state index in [1.807, 2.05) is 18.2 Å². The zero-order valence-electron chi connectivity index (χ0n) is 10.1. The van der Waals surface area contributed by atoms with Gasteiger partial charge in [-0.3, -0.25) is 4.79 Å². The van der Waals surface area contributed by atoms with Gasteiger partial charge in [0, 0.05) is 19.0 Å². The molecule has 0 fully saturated rings. The van der Waals surface area contributed by atoms with Crippen LogP contribution in [0.3, 0.4) is 0 Å². The van der Waals surface area contributed by atoms with Crippen LogP contribution in [0, 0.1) is 5.92 Å². The van der Waals surface area contributed by atoms with Crippen LogP contribution in [0.15, 0.2) is 18.2 Å². The summed E-state index contributed by atoms with van der Waals surface area (Å²) in [4.78, 5) is 15.5. The van der Waals surface area contributed by atoms with Crippen molar-refractivity contribution in [3.63, 3.8) is 0 Å². The largest absolute Gasteiger partial charge is 0.497 e. The third kappa shape index (κ3) is 1.63. The molecule has 1 aliphatic heterocycles. The van der Waals surface area contributed by atoms with Gasteiger partial charge in [0.15, 0.2) is 0 Å². The molecule has 1 unspecified atom stereocenters. The van der Waals surface area contributed by atoms with Gasteiger partial charge in [0.2, 0.25) is 0 Å². The first-order chi connectivity index (χ1) is 8.69. The Labute approximate surface area is 104 Å². The summed E-state index contributed by atoms with van der Waals surface area (Å²) in [6.45, 7) is 0.717. The average molecular weight is 246 g/mol. The van der Waals surface area contributed by atoms with Crippen molar-refractivity contribution in [2.24, 2.45) is 5.92 Å². The number of nitrogens with zero attached hydrogens (tertiary/aromatic N) is 2. The molecular weight excluding hydrogens is 232 g/mol. The highest BCUT2D eigenvalue weighted by Gasteiger charge is 2.26. The van der Waals surface area contributed by atoms with E-state index in [1.54, 1.807) is 7.11 Å². The normalized spacial score (nSPS) is 18.6. The number of carboxylic acids is 1. The lowest BCUT2D eigenvalue weighted by Gasteiger charge is -2.20. The molecule has 1 atom stereocenters. The molecule has 5 nitrogen and oxygen atoms in total. The maximum atomic E-state index is 11.0. The molecule has 0 amide bonds. The summed E-state index contributed by atoms with van der Waals surface area (Å²) < 4.78 is 7.28. The minimum absolute atomic E-state index is 0.309. The first-order valence-electron chi connectivity index (χ1n) is 5.95. The predicted molar refractivity (Wildman–Crippen MR) is 65.7 cm³/mol. The van der Waals surface area contributed by atoms with Gasteiger partial charge in [-0.2, -0.15) is 0 Å². The number of fused-ring (bicyclic) bond motifs is 3. The minimum Gasteiger partial charge on any atom is -0.497 e. The number of rotatable bonds is 2. The first kappa shape index (κ1) is 11.1. The Morgan fingerprint density at radius 1 is 1.56 bits per heavy atom. The number of hydrogen-bond acceptors (Lipinski definition) is 3. The maximum absolute atomic E-state index is 11.0. The van der Waals surface area contributed by atoms with Crippen molar-refractivity contribution in [2.75, 3.05) is 7.11 Å². The van der Waals surface area contributed by atoms with Gasteiger partial charge >= 0.3 is 5.97 Å². The number of aromatic nitrogens is 2. The molecule has 1 aliphatic rings. The van der Waals surface area contributed by atoms with Gasteiger partial charge in [-0.15, -0.1) is 0 Å². The third-order valence-corrected chi connectivity index (χ3v) is 3.51. The molecule has 0 radical (unpaired) electrons. The van der Waals surface area contributed by atoms with Crippen molar-refractivity contribution in [2.45, 2.75) is 19.4 Å². The molecule has 0 spiro atoms. The number of aliphatic carboxylic acids is 1. The lowest BCUT2D eigenvalue weighted by Crippen LogP contribution is -2.25. The number of benzene rings is 1. The number of hydrogen-bond donors (Lipinski definition) is 1. The van der Waals surface area contributed by atoms with E-state index < -0.39 is 5.97 Å². The molecule has 1 N–H and O–H groups in total. The van der Waals surface area contributed by atoms with E-state index in [2.05, 4.69) is 9.55 Å². The number of carboxylic acid groups (broad SMARTS) is 1. The van der Waals surface area contributed by atoms with Gasteiger partial charge in [0.05, 0.1) is 24.1 Å². The van der Waals surface area contributed by atoms with Crippen LogP contribution < -0.4 is 4.74 Å². The molecule has 18 heavy (non-hydrogen) atoms. The van der Waals surface area contributed by atoms with Crippen LogP contribution in [0.25, 0.3) is 11.0 Å². The summed E-state index contributed by atoms with van der Waals surface area (Å²) in [5.74, 6) is 0.590. The quantitative estimate of drug-likeness (QED) is 0.875. The molecular formula is C13H14N2O3. The number of methoxy groups -OCH3 is 1. The highest BCUT2D eigenvalue weighted by molar-refractivity contribution is 5.78. The van der Waals surface area contributed by atoms with Gasteiger partial charge < -0.3 is 14.4 Å². The number of carbonyl (C=O) groups is 1. The Hall–Kier alpha value is -2.04. The molecule has 2 aromatic rings. The molecule has 3 rings (SSSR count). The third-order valence-electron chi connectivity index (χ3n) is 3.51. The number of ether oxygens (including phenoxy) is 1. The topological polar surface area (TPSA) is 64.4 Å².